The zero-order valence-electron chi connectivity index (χ0n) is 11.3. The summed E-state index contributed by atoms with van der Waals surface area (Å²) >= 11 is 0. The first-order valence-electron chi connectivity index (χ1n) is 6.00. The summed E-state index contributed by atoms with van der Waals surface area (Å²) < 4.78 is 0. The Morgan fingerprint density at radius 2 is 1.83 bits per heavy atom. The van der Waals surface area contributed by atoms with Gasteiger partial charge in [0.2, 0.25) is 0 Å². The highest BCUT2D eigenvalue weighted by Gasteiger charge is 2.51. The first-order valence-corrected chi connectivity index (χ1v) is 6.00. The van der Waals surface area contributed by atoms with Gasteiger partial charge in [-0.3, -0.25) is 4.79 Å². The fourth-order valence-electron chi connectivity index (χ4n) is 2.69. The molecule has 0 bridgehead atoms. The van der Waals surface area contributed by atoms with Crippen molar-refractivity contribution in [3.8, 4) is 0 Å². The van der Waals surface area contributed by atoms with Crippen LogP contribution in [0.4, 0.5) is 0 Å². The first kappa shape index (κ1) is 14.9. The van der Waals surface area contributed by atoms with E-state index in [2.05, 4.69) is 0 Å². The van der Waals surface area contributed by atoms with Crippen LogP contribution in [0.5, 0.6) is 0 Å². The third-order valence-corrected chi connectivity index (χ3v) is 3.72. The number of hydrogen-bond donors (Lipinski definition) is 2. The minimum Gasteiger partial charge on any atom is -0.478 e. The predicted octanol–water partition coefficient (Wildman–Crippen LogP) is 1.85. The second-order valence-corrected chi connectivity index (χ2v) is 6.02. The molecule has 0 aromatic carbocycles. The van der Waals surface area contributed by atoms with Crippen LogP contribution in [0.15, 0.2) is 12.2 Å². The second kappa shape index (κ2) is 4.82. The zero-order chi connectivity index (χ0) is 14.1. The summed E-state index contributed by atoms with van der Waals surface area (Å²) in [5, 5.41) is 19.9. The Balaban J connectivity index is 2.74. The van der Waals surface area contributed by atoms with Gasteiger partial charge in [0.15, 0.2) is 5.78 Å². The van der Waals surface area contributed by atoms with E-state index in [0.717, 1.165) is 12.2 Å². The molecule has 0 aliphatic carbocycles. The minimum absolute atomic E-state index is 0.00319. The van der Waals surface area contributed by atoms with Gasteiger partial charge < -0.3 is 10.3 Å². The lowest BCUT2D eigenvalue weighted by molar-refractivity contribution is -0.196. The van der Waals surface area contributed by atoms with Gasteiger partial charge in [-0.1, -0.05) is 0 Å². The summed E-state index contributed by atoms with van der Waals surface area (Å²) in [6, 6.07) is 0. The largest absolute Gasteiger partial charge is 0.478 e. The maximum atomic E-state index is 11.7. The van der Waals surface area contributed by atoms with E-state index in [1.165, 1.54) is 5.06 Å². The van der Waals surface area contributed by atoms with E-state index in [4.69, 9.17) is 5.11 Å². The molecule has 1 saturated heterocycles. The van der Waals surface area contributed by atoms with Gasteiger partial charge >= 0.3 is 5.97 Å². The number of carbonyl (C=O) groups is 2. The molecule has 2 N–H and O–H groups in total. The molecule has 102 valence electrons. The van der Waals surface area contributed by atoms with Crippen molar-refractivity contribution < 1.29 is 19.9 Å². The van der Waals surface area contributed by atoms with Gasteiger partial charge in [0.05, 0.1) is 0 Å². The molecule has 5 nitrogen and oxygen atoms in total. The Morgan fingerprint density at radius 1 is 1.28 bits per heavy atom. The maximum Gasteiger partial charge on any atom is 0.328 e. The van der Waals surface area contributed by atoms with E-state index in [1.807, 2.05) is 27.7 Å². The van der Waals surface area contributed by atoms with E-state index in [0.29, 0.717) is 6.42 Å². The number of nitrogens with zero attached hydrogens (tertiary/aromatic N) is 1. The van der Waals surface area contributed by atoms with Crippen molar-refractivity contribution in [2.45, 2.75) is 51.6 Å². The van der Waals surface area contributed by atoms with Gasteiger partial charge in [0.25, 0.3) is 0 Å². The van der Waals surface area contributed by atoms with Crippen molar-refractivity contribution in [2.24, 2.45) is 5.92 Å². The molecule has 18 heavy (non-hydrogen) atoms. The molecule has 1 atom stereocenters. The maximum absolute atomic E-state index is 11.7. The van der Waals surface area contributed by atoms with Crippen LogP contribution < -0.4 is 0 Å². The van der Waals surface area contributed by atoms with Crippen LogP contribution in [0.25, 0.3) is 0 Å². The average molecular weight is 255 g/mol. The molecule has 1 heterocycles. The molecule has 0 amide bonds. The van der Waals surface area contributed by atoms with Crippen molar-refractivity contribution in [2.75, 3.05) is 0 Å². The lowest BCUT2D eigenvalue weighted by atomic mass is 9.83. The fourth-order valence-corrected chi connectivity index (χ4v) is 2.69. The summed E-state index contributed by atoms with van der Waals surface area (Å²) in [7, 11) is 0. The highest BCUT2D eigenvalue weighted by atomic mass is 16.5. The normalized spacial score (nSPS) is 26.6. The SMILES string of the molecule is CC1(C)CC(CC(=O)/C=C/C(=O)O)C(C)(C)N1O. The number of aliphatic carboxylic acids is 1. The monoisotopic (exact) mass is 255 g/mol. The van der Waals surface area contributed by atoms with Crippen LogP contribution in [0.2, 0.25) is 0 Å². The first-order chi connectivity index (χ1) is 8.07. The Labute approximate surface area is 107 Å². The number of carboxylic acids is 1. The lowest BCUT2D eigenvalue weighted by Crippen LogP contribution is -2.47. The van der Waals surface area contributed by atoms with Crippen LogP contribution in [-0.2, 0) is 9.59 Å². The molecular formula is C13H21NO4. The Kier molecular flexibility index (Phi) is 3.98. The Morgan fingerprint density at radius 3 is 2.22 bits per heavy atom. The summed E-state index contributed by atoms with van der Waals surface area (Å²) in [4.78, 5) is 22.0. The average Bonchev–Trinajstić information content (AvgIpc) is 2.37. The van der Waals surface area contributed by atoms with Crippen LogP contribution in [0.1, 0.15) is 40.5 Å². The molecule has 1 aliphatic rings. The molecule has 0 aromatic heterocycles. The number of hydrogen-bond acceptors (Lipinski definition) is 4. The third-order valence-electron chi connectivity index (χ3n) is 3.72. The number of carboxylic acid groups (broad SMARTS) is 1. The smallest absolute Gasteiger partial charge is 0.328 e. The van der Waals surface area contributed by atoms with Crippen molar-refractivity contribution >= 4 is 11.8 Å². The lowest BCUT2D eigenvalue weighted by Gasteiger charge is -2.35. The van der Waals surface area contributed by atoms with Gasteiger partial charge in [0, 0.05) is 23.6 Å². The van der Waals surface area contributed by atoms with Crippen molar-refractivity contribution in [1.29, 1.82) is 0 Å². The molecule has 0 saturated carbocycles. The van der Waals surface area contributed by atoms with E-state index in [9.17, 15) is 14.8 Å². The number of carbonyl (C=O) groups excluding carboxylic acids is 1. The van der Waals surface area contributed by atoms with E-state index in [1.54, 1.807) is 0 Å². The number of hydroxylamine groups is 2. The second-order valence-electron chi connectivity index (χ2n) is 6.02. The predicted molar refractivity (Wildman–Crippen MR) is 66.3 cm³/mol. The topological polar surface area (TPSA) is 77.8 Å². The van der Waals surface area contributed by atoms with E-state index >= 15 is 0 Å². The molecule has 1 aliphatic heterocycles. The quantitative estimate of drug-likeness (QED) is 0.750. The minimum atomic E-state index is -1.13. The summed E-state index contributed by atoms with van der Waals surface area (Å²) in [5.74, 6) is -1.34. The molecule has 1 fully saturated rings. The van der Waals surface area contributed by atoms with Crippen molar-refractivity contribution in [3.63, 3.8) is 0 Å². The molecular weight excluding hydrogens is 234 g/mol. The van der Waals surface area contributed by atoms with E-state index < -0.39 is 11.5 Å². The van der Waals surface area contributed by atoms with Crippen molar-refractivity contribution in [3.05, 3.63) is 12.2 Å². The summed E-state index contributed by atoms with van der Waals surface area (Å²) in [5.41, 5.74) is -0.860. The highest BCUT2D eigenvalue weighted by molar-refractivity contribution is 5.95. The third kappa shape index (κ3) is 2.97. The zero-order valence-corrected chi connectivity index (χ0v) is 11.3. The summed E-state index contributed by atoms with van der Waals surface area (Å²) in [6.07, 6.45) is 2.89. The van der Waals surface area contributed by atoms with Crippen LogP contribution in [-0.4, -0.2) is 38.2 Å². The van der Waals surface area contributed by atoms with Crippen LogP contribution in [0.3, 0.4) is 0 Å². The standard InChI is InChI=1S/C13H21NO4/c1-12(2)8-9(13(3,4)14(12)18)7-10(15)5-6-11(16)17/h5-6,9,18H,7-8H2,1-4H3,(H,16,17)/b6-5+. The molecule has 0 aromatic rings. The van der Waals surface area contributed by atoms with Crippen LogP contribution in [0, 0.1) is 5.92 Å². The molecule has 0 spiro atoms. The van der Waals surface area contributed by atoms with Crippen LogP contribution >= 0.6 is 0 Å². The van der Waals surface area contributed by atoms with Gasteiger partial charge in [-0.15, -0.1) is 0 Å². The molecule has 1 rings (SSSR count). The van der Waals surface area contributed by atoms with Gasteiger partial charge in [-0.05, 0) is 46.1 Å². The molecule has 5 heteroatoms. The van der Waals surface area contributed by atoms with Gasteiger partial charge in [-0.25, -0.2) is 4.79 Å². The van der Waals surface area contributed by atoms with Crippen molar-refractivity contribution in [1.82, 2.24) is 5.06 Å². The summed E-state index contributed by atoms with van der Waals surface area (Å²) in [6.45, 7) is 7.62. The van der Waals surface area contributed by atoms with Gasteiger partial charge in [0.1, 0.15) is 0 Å². The van der Waals surface area contributed by atoms with Gasteiger partial charge in [-0.2, -0.15) is 5.06 Å². The Bertz CT molecular complexity index is 384. The number of allylic oxidation sites excluding steroid dienone is 1. The number of ketones is 1. The highest BCUT2D eigenvalue weighted by Crippen LogP contribution is 2.45. The number of rotatable bonds is 4. The fraction of sp³-hybridized carbons (Fsp3) is 0.692. The van der Waals surface area contributed by atoms with E-state index in [-0.39, 0.29) is 23.7 Å². The molecule has 1 unspecified atom stereocenters. The Hall–Kier alpha value is -1.20. The molecule has 0 radical (unpaired) electrons.